The smallest absolute Gasteiger partial charge is 0.129 e. The number of aryl methyl sites for hydroxylation is 1. The summed E-state index contributed by atoms with van der Waals surface area (Å²) in [6.45, 7) is 0. The molecule has 2 nitrogen and oxygen atoms in total. The van der Waals surface area contributed by atoms with Gasteiger partial charge in [-0.2, -0.15) is 0 Å². The SMILES string of the molecule is NC(c1ccc(Br)cc1F)C1CCc2cccnc21. The van der Waals surface area contributed by atoms with Crippen LogP contribution in [-0.2, 0) is 6.42 Å². The molecule has 0 fully saturated rings. The highest BCUT2D eigenvalue weighted by Crippen LogP contribution is 2.39. The maximum Gasteiger partial charge on any atom is 0.129 e. The number of rotatable bonds is 2. The molecule has 3 rings (SSSR count). The minimum Gasteiger partial charge on any atom is -0.323 e. The molecule has 0 spiro atoms. The Morgan fingerprint density at radius 2 is 2.21 bits per heavy atom. The Bertz CT molecular complexity index is 615. The lowest BCUT2D eigenvalue weighted by Crippen LogP contribution is -2.20. The van der Waals surface area contributed by atoms with Gasteiger partial charge in [-0.25, -0.2) is 4.39 Å². The summed E-state index contributed by atoms with van der Waals surface area (Å²) < 4.78 is 14.7. The predicted octanol–water partition coefficient (Wildman–Crippen LogP) is 3.71. The van der Waals surface area contributed by atoms with Gasteiger partial charge in [0.2, 0.25) is 0 Å². The van der Waals surface area contributed by atoms with Crippen molar-refractivity contribution in [1.82, 2.24) is 4.98 Å². The molecule has 1 aromatic carbocycles. The monoisotopic (exact) mass is 320 g/mol. The maximum absolute atomic E-state index is 14.0. The molecule has 0 radical (unpaired) electrons. The first-order valence-corrected chi connectivity index (χ1v) is 7.10. The van der Waals surface area contributed by atoms with Crippen LogP contribution >= 0.6 is 15.9 Å². The Kier molecular flexibility index (Phi) is 3.37. The molecule has 0 bridgehead atoms. The second-order valence-electron chi connectivity index (χ2n) is 4.88. The Balaban J connectivity index is 1.95. The van der Waals surface area contributed by atoms with E-state index in [1.54, 1.807) is 12.3 Å². The second kappa shape index (κ2) is 5.02. The fourth-order valence-electron chi connectivity index (χ4n) is 2.78. The normalized spacial score (nSPS) is 19.2. The van der Waals surface area contributed by atoms with Crippen LogP contribution in [0.2, 0.25) is 0 Å². The minimum absolute atomic E-state index is 0.104. The van der Waals surface area contributed by atoms with Crippen LogP contribution < -0.4 is 5.73 Å². The number of nitrogens with zero attached hydrogens (tertiary/aromatic N) is 1. The molecule has 0 saturated carbocycles. The van der Waals surface area contributed by atoms with Crippen LogP contribution in [0.4, 0.5) is 4.39 Å². The van der Waals surface area contributed by atoms with Crippen LogP contribution in [0.1, 0.15) is 35.2 Å². The van der Waals surface area contributed by atoms with Gasteiger partial charge in [-0.05, 0) is 36.6 Å². The standard InChI is InChI=1S/C15H14BrFN2/c16-10-4-6-11(13(17)8-10)14(18)12-5-3-9-2-1-7-19-15(9)12/h1-2,4,6-8,12,14H,3,5,18H2. The Labute approximate surface area is 120 Å². The van der Waals surface area contributed by atoms with Crippen molar-refractivity contribution in [3.63, 3.8) is 0 Å². The highest BCUT2D eigenvalue weighted by molar-refractivity contribution is 9.10. The van der Waals surface area contributed by atoms with E-state index in [1.165, 1.54) is 11.6 Å². The van der Waals surface area contributed by atoms with E-state index in [-0.39, 0.29) is 17.8 Å². The van der Waals surface area contributed by atoms with Crippen molar-refractivity contribution in [2.45, 2.75) is 24.8 Å². The zero-order valence-electron chi connectivity index (χ0n) is 10.3. The molecule has 19 heavy (non-hydrogen) atoms. The first kappa shape index (κ1) is 12.8. The third-order valence-electron chi connectivity index (χ3n) is 3.76. The van der Waals surface area contributed by atoms with Crippen LogP contribution in [0.25, 0.3) is 0 Å². The second-order valence-corrected chi connectivity index (χ2v) is 5.80. The first-order valence-electron chi connectivity index (χ1n) is 6.31. The van der Waals surface area contributed by atoms with Crippen molar-refractivity contribution in [3.05, 3.63) is 63.6 Å². The number of benzene rings is 1. The summed E-state index contributed by atoms with van der Waals surface area (Å²) in [7, 11) is 0. The van der Waals surface area contributed by atoms with Crippen molar-refractivity contribution in [1.29, 1.82) is 0 Å². The van der Waals surface area contributed by atoms with Gasteiger partial charge < -0.3 is 5.73 Å². The molecule has 1 aromatic heterocycles. The van der Waals surface area contributed by atoms with Crippen LogP contribution in [0, 0.1) is 5.82 Å². The molecular formula is C15H14BrFN2. The molecule has 2 unspecified atom stereocenters. The van der Waals surface area contributed by atoms with Gasteiger partial charge >= 0.3 is 0 Å². The van der Waals surface area contributed by atoms with Crippen LogP contribution in [0.15, 0.2) is 41.0 Å². The molecule has 1 aliphatic rings. The van der Waals surface area contributed by atoms with Crippen molar-refractivity contribution in [3.8, 4) is 0 Å². The molecule has 2 aromatic rings. The topological polar surface area (TPSA) is 38.9 Å². The lowest BCUT2D eigenvalue weighted by molar-refractivity contribution is 0.507. The van der Waals surface area contributed by atoms with Gasteiger partial charge in [0, 0.05) is 33.9 Å². The Morgan fingerprint density at radius 3 is 3.00 bits per heavy atom. The van der Waals surface area contributed by atoms with Gasteiger partial charge in [0.1, 0.15) is 5.82 Å². The number of hydrogen-bond donors (Lipinski definition) is 1. The maximum atomic E-state index is 14.0. The average molecular weight is 321 g/mol. The summed E-state index contributed by atoms with van der Waals surface area (Å²) in [4.78, 5) is 4.42. The van der Waals surface area contributed by atoms with Crippen molar-refractivity contribution in [2.75, 3.05) is 0 Å². The fraction of sp³-hybridized carbons (Fsp3) is 0.267. The van der Waals surface area contributed by atoms with Crippen molar-refractivity contribution < 1.29 is 4.39 Å². The van der Waals surface area contributed by atoms with E-state index in [4.69, 9.17) is 5.73 Å². The summed E-state index contributed by atoms with van der Waals surface area (Å²) in [6, 6.07) is 8.71. The quantitative estimate of drug-likeness (QED) is 0.916. The molecular weight excluding hydrogens is 307 g/mol. The zero-order valence-corrected chi connectivity index (χ0v) is 11.9. The summed E-state index contributed by atoms with van der Waals surface area (Å²) in [5, 5.41) is 0. The lowest BCUT2D eigenvalue weighted by atomic mass is 9.91. The fourth-order valence-corrected chi connectivity index (χ4v) is 3.12. The summed E-state index contributed by atoms with van der Waals surface area (Å²) in [5.74, 6) is -0.155. The van der Waals surface area contributed by atoms with Gasteiger partial charge in [-0.15, -0.1) is 0 Å². The van der Waals surface area contributed by atoms with Crippen LogP contribution in [0.3, 0.4) is 0 Å². The van der Waals surface area contributed by atoms with Gasteiger partial charge in [0.05, 0.1) is 0 Å². The number of aromatic nitrogens is 1. The minimum atomic E-state index is -0.343. The molecule has 0 amide bonds. The van der Waals surface area contributed by atoms with E-state index in [1.807, 2.05) is 12.1 Å². The number of nitrogens with two attached hydrogens (primary N) is 1. The van der Waals surface area contributed by atoms with Gasteiger partial charge in [0.15, 0.2) is 0 Å². The molecule has 98 valence electrons. The molecule has 2 N–H and O–H groups in total. The number of hydrogen-bond acceptors (Lipinski definition) is 2. The average Bonchev–Trinajstić information content (AvgIpc) is 2.82. The van der Waals surface area contributed by atoms with Crippen LogP contribution in [-0.4, -0.2) is 4.98 Å². The van der Waals surface area contributed by atoms with E-state index in [0.29, 0.717) is 5.56 Å². The molecule has 0 aliphatic heterocycles. The third-order valence-corrected chi connectivity index (χ3v) is 4.25. The summed E-state index contributed by atoms with van der Waals surface area (Å²) in [6.07, 6.45) is 3.69. The van der Waals surface area contributed by atoms with Gasteiger partial charge in [0.25, 0.3) is 0 Å². The molecule has 1 aliphatic carbocycles. The first-order chi connectivity index (χ1) is 9.16. The van der Waals surface area contributed by atoms with Gasteiger partial charge in [-0.3, -0.25) is 4.98 Å². The van der Waals surface area contributed by atoms with E-state index in [9.17, 15) is 4.39 Å². The molecule has 0 saturated heterocycles. The van der Waals surface area contributed by atoms with Gasteiger partial charge in [-0.1, -0.05) is 28.1 Å². The predicted molar refractivity (Wildman–Crippen MR) is 76.3 cm³/mol. The third kappa shape index (κ3) is 2.30. The zero-order chi connectivity index (χ0) is 13.4. The summed E-state index contributed by atoms with van der Waals surface area (Å²) in [5.41, 5.74) is 9.09. The van der Waals surface area contributed by atoms with E-state index in [0.717, 1.165) is 23.0 Å². The number of fused-ring (bicyclic) bond motifs is 1. The Hall–Kier alpha value is -1.26. The number of pyridine rings is 1. The summed E-state index contributed by atoms with van der Waals surface area (Å²) >= 11 is 3.26. The largest absolute Gasteiger partial charge is 0.323 e. The van der Waals surface area contributed by atoms with Crippen molar-refractivity contribution >= 4 is 15.9 Å². The molecule has 4 heteroatoms. The highest BCUT2D eigenvalue weighted by atomic mass is 79.9. The van der Waals surface area contributed by atoms with Crippen molar-refractivity contribution in [2.24, 2.45) is 5.73 Å². The number of halogens is 2. The van der Waals surface area contributed by atoms with E-state index < -0.39 is 0 Å². The Morgan fingerprint density at radius 1 is 1.37 bits per heavy atom. The van der Waals surface area contributed by atoms with E-state index in [2.05, 4.69) is 27.0 Å². The molecule has 1 heterocycles. The lowest BCUT2D eigenvalue weighted by Gasteiger charge is -2.20. The molecule has 2 atom stereocenters. The van der Waals surface area contributed by atoms with E-state index >= 15 is 0 Å². The van der Waals surface area contributed by atoms with Crippen LogP contribution in [0.5, 0.6) is 0 Å². The highest BCUT2D eigenvalue weighted by Gasteiger charge is 2.30.